The van der Waals surface area contributed by atoms with Crippen molar-refractivity contribution < 1.29 is 24.5 Å². The molecule has 4 heterocycles. The summed E-state index contributed by atoms with van der Waals surface area (Å²) in [5, 5.41) is 2.01. The molecule has 0 N–H and O–H groups in total. The Hall–Kier alpha value is -5.14. The van der Waals surface area contributed by atoms with Crippen molar-refractivity contribution in [2.75, 3.05) is 0 Å². The van der Waals surface area contributed by atoms with Crippen LogP contribution in [0.4, 0.5) is 0 Å². The summed E-state index contributed by atoms with van der Waals surface area (Å²) in [6.45, 7) is 13.7. The molecule has 9 rings (SSSR count). The van der Waals surface area contributed by atoms with E-state index in [1.807, 2.05) is 42.5 Å². The third kappa shape index (κ3) is 9.09. The number of nitrogens with zero attached hydrogens (tertiary/aromatic N) is 4. The quantitative estimate of drug-likeness (QED) is 0.107. The number of furan rings is 1. The maximum atomic E-state index is 6.36. The summed E-state index contributed by atoms with van der Waals surface area (Å²) in [6, 6.07) is 48.9. The Morgan fingerprint density at radius 3 is 2.07 bits per heavy atom. The standard InChI is InChI=1S/C36H30N3O.C18H24GeN.Ir/c1-22(2)29-20-25(24-12-6-5-7-13-24)21-30(23(3)4)33(29)39-32-18-9-8-17-31(32)38-35(39)28-15-10-14-26-27-16-11-19-37-36(27)40-34(26)28;1-14(2)11-16-12-18(15-9-7-6-8-10-15)20-13-17(16)19(3,4)5;/h5-14,16-23H,1-4H3;6-9,12-14H,11H2,1-5H3;/q2*-1;. The van der Waals surface area contributed by atoms with Gasteiger partial charge in [0.05, 0.1) is 22.4 Å². The van der Waals surface area contributed by atoms with Crippen LogP contribution in [0.1, 0.15) is 70.1 Å². The summed E-state index contributed by atoms with van der Waals surface area (Å²) in [6.07, 6.45) is 5.04. The summed E-state index contributed by atoms with van der Waals surface area (Å²) in [7, 11) is 0. The van der Waals surface area contributed by atoms with Gasteiger partial charge in [-0.3, -0.25) is 4.98 Å². The molecule has 1 radical (unpaired) electrons. The fourth-order valence-corrected chi connectivity index (χ4v) is 11.6. The van der Waals surface area contributed by atoms with Gasteiger partial charge in [0.15, 0.2) is 0 Å². The summed E-state index contributed by atoms with van der Waals surface area (Å²) in [5.74, 6) is 9.40. The minimum absolute atomic E-state index is 0. The molecule has 0 atom stereocenters. The summed E-state index contributed by atoms with van der Waals surface area (Å²) in [4.78, 5) is 14.4. The molecule has 7 heteroatoms. The molecule has 0 aliphatic rings. The molecule has 0 saturated heterocycles. The zero-order valence-corrected chi connectivity index (χ0v) is 41.2. The Balaban J connectivity index is 0.000000226. The number of aromatic nitrogens is 4. The molecule has 311 valence electrons. The molecule has 9 aromatic rings. The number of pyridine rings is 2. The average Bonchev–Trinajstić information content (AvgIpc) is 3.82. The maximum Gasteiger partial charge on any atom is 0.216 e. The van der Waals surface area contributed by atoms with Gasteiger partial charge in [-0.1, -0.05) is 81.1 Å². The van der Waals surface area contributed by atoms with Crippen LogP contribution in [-0.4, -0.2) is 32.8 Å². The van der Waals surface area contributed by atoms with Gasteiger partial charge in [-0.2, -0.15) is 0 Å². The number of hydrogen-bond acceptors (Lipinski definition) is 4. The molecule has 0 unspecified atom stereocenters. The van der Waals surface area contributed by atoms with Crippen LogP contribution in [0.25, 0.3) is 72.6 Å². The van der Waals surface area contributed by atoms with Gasteiger partial charge < -0.3 is 8.98 Å². The third-order valence-electron chi connectivity index (χ3n) is 11.1. The van der Waals surface area contributed by atoms with Crippen molar-refractivity contribution in [3.63, 3.8) is 0 Å². The van der Waals surface area contributed by atoms with Crippen LogP contribution in [0, 0.1) is 18.1 Å². The number of hydrogen-bond donors (Lipinski definition) is 0. The zero-order valence-electron chi connectivity index (χ0n) is 36.7. The molecule has 0 bridgehead atoms. The first kappa shape index (κ1) is 43.9. The van der Waals surface area contributed by atoms with Crippen molar-refractivity contribution in [3.8, 4) is 39.5 Å². The Labute approximate surface area is 377 Å². The van der Waals surface area contributed by atoms with Crippen LogP contribution in [0.2, 0.25) is 17.3 Å². The van der Waals surface area contributed by atoms with Crippen molar-refractivity contribution in [3.05, 3.63) is 163 Å². The Morgan fingerprint density at radius 2 is 1.39 bits per heavy atom. The second-order valence-corrected chi connectivity index (χ2v) is 28.4. The summed E-state index contributed by atoms with van der Waals surface area (Å²) in [5.41, 5.74) is 14.1. The summed E-state index contributed by atoms with van der Waals surface area (Å²) < 4.78 is 10.2. The van der Waals surface area contributed by atoms with Crippen molar-refractivity contribution in [1.82, 2.24) is 19.5 Å². The molecular weight excluding hydrogens is 985 g/mol. The van der Waals surface area contributed by atoms with Gasteiger partial charge in [0, 0.05) is 37.4 Å². The Kier molecular flexibility index (Phi) is 13.3. The molecular formula is C54H54GeIrN4O-2. The minimum Gasteiger partial charge on any atom is -0.486 e. The van der Waals surface area contributed by atoms with E-state index in [2.05, 4.69) is 166 Å². The van der Waals surface area contributed by atoms with E-state index in [1.165, 1.54) is 33.5 Å². The van der Waals surface area contributed by atoms with Gasteiger partial charge in [-0.25, -0.2) is 4.98 Å². The van der Waals surface area contributed by atoms with Crippen LogP contribution in [0.3, 0.4) is 0 Å². The first-order chi connectivity index (χ1) is 28.9. The van der Waals surface area contributed by atoms with Crippen molar-refractivity contribution in [2.24, 2.45) is 5.92 Å². The first-order valence-corrected chi connectivity index (χ1v) is 28.6. The topological polar surface area (TPSA) is 56.7 Å². The number of rotatable bonds is 9. The average molecular weight is 1040 g/mol. The molecule has 0 amide bonds. The normalized spacial score (nSPS) is 11.7. The van der Waals surface area contributed by atoms with Gasteiger partial charge >= 0.3 is 126 Å². The van der Waals surface area contributed by atoms with E-state index in [9.17, 15) is 0 Å². The second-order valence-electron chi connectivity index (χ2n) is 17.8. The van der Waals surface area contributed by atoms with E-state index in [1.54, 1.807) is 10.6 Å². The molecule has 5 nitrogen and oxygen atoms in total. The molecule has 0 spiro atoms. The fourth-order valence-electron chi connectivity index (χ4n) is 8.26. The largest absolute Gasteiger partial charge is 0.486 e. The molecule has 0 saturated carbocycles. The number of imidazole rings is 1. The van der Waals surface area contributed by atoms with Gasteiger partial charge in [0.25, 0.3) is 0 Å². The summed E-state index contributed by atoms with van der Waals surface area (Å²) >= 11 is -1.86. The number of benzene rings is 5. The molecule has 61 heavy (non-hydrogen) atoms. The SMILES string of the molecule is CC(C)Cc1cc(-c2[c-]cccc2)nc[c]1[Ge]([CH3])([CH3])[CH3].CC(C)c1cc(-c2ccccc2)cc(C(C)C)c1-n1c(-c2[c-]ccc3c2oc2ncccc23)nc2ccccc21.[Ir]. The minimum atomic E-state index is -1.86. The molecule has 0 aliphatic heterocycles. The van der Waals surface area contributed by atoms with E-state index < -0.39 is 13.3 Å². The molecule has 4 aromatic heterocycles. The van der Waals surface area contributed by atoms with Crippen molar-refractivity contribution in [2.45, 2.75) is 77.1 Å². The number of para-hydroxylation sites is 2. The Bertz CT molecular complexity index is 2900. The van der Waals surface area contributed by atoms with E-state index in [0.29, 0.717) is 23.5 Å². The van der Waals surface area contributed by atoms with E-state index in [4.69, 9.17) is 14.4 Å². The van der Waals surface area contributed by atoms with Gasteiger partial charge in [-0.05, 0) is 70.5 Å². The zero-order chi connectivity index (χ0) is 42.1. The van der Waals surface area contributed by atoms with Crippen molar-refractivity contribution in [1.29, 1.82) is 0 Å². The van der Waals surface area contributed by atoms with E-state index >= 15 is 0 Å². The third-order valence-corrected chi connectivity index (χ3v) is 15.5. The molecule has 5 aromatic carbocycles. The fraction of sp³-hybridized carbons (Fsp3) is 0.241. The van der Waals surface area contributed by atoms with Crippen molar-refractivity contribution >= 4 is 50.8 Å². The van der Waals surface area contributed by atoms with Gasteiger partial charge in [0.1, 0.15) is 0 Å². The predicted octanol–water partition coefficient (Wildman–Crippen LogP) is 14.0. The first-order valence-electron chi connectivity index (χ1n) is 21.2. The molecule has 0 fully saturated rings. The van der Waals surface area contributed by atoms with Crippen LogP contribution in [-0.2, 0) is 26.5 Å². The van der Waals surface area contributed by atoms with E-state index in [-0.39, 0.29) is 20.1 Å². The second kappa shape index (κ2) is 18.5. The van der Waals surface area contributed by atoms with Crippen LogP contribution < -0.4 is 4.40 Å². The van der Waals surface area contributed by atoms with E-state index in [0.717, 1.165) is 56.5 Å². The monoisotopic (exact) mass is 1040 g/mol. The van der Waals surface area contributed by atoms with Crippen LogP contribution in [0.15, 0.2) is 138 Å². The van der Waals surface area contributed by atoms with Gasteiger partial charge in [-0.15, -0.1) is 18.2 Å². The van der Waals surface area contributed by atoms with Crippen LogP contribution in [0.5, 0.6) is 0 Å². The van der Waals surface area contributed by atoms with Crippen LogP contribution >= 0.6 is 0 Å². The number of fused-ring (bicyclic) bond motifs is 4. The predicted molar refractivity (Wildman–Crippen MR) is 254 cm³/mol. The van der Waals surface area contributed by atoms with Gasteiger partial charge in [0.2, 0.25) is 5.71 Å². The molecule has 0 aliphatic carbocycles. The maximum absolute atomic E-state index is 6.36. The smallest absolute Gasteiger partial charge is 0.216 e. The Morgan fingerprint density at radius 1 is 0.689 bits per heavy atom.